The van der Waals surface area contributed by atoms with Crippen LogP contribution >= 0.6 is 34.8 Å². The number of anilines is 1. The smallest absolute Gasteiger partial charge is 0.150 e. The highest BCUT2D eigenvalue weighted by Crippen LogP contribution is 2.33. The monoisotopic (exact) mass is 308 g/mol. The molecule has 3 nitrogen and oxygen atoms in total. The second-order valence-electron chi connectivity index (χ2n) is 4.55. The molecule has 1 aliphatic rings. The molecule has 0 amide bonds. The van der Waals surface area contributed by atoms with Crippen molar-refractivity contribution in [1.29, 1.82) is 0 Å². The Morgan fingerprint density at radius 2 is 2.06 bits per heavy atom. The van der Waals surface area contributed by atoms with Gasteiger partial charge in [0, 0.05) is 20.2 Å². The predicted octanol–water partition coefficient (Wildman–Crippen LogP) is 3.90. The third-order valence-corrected chi connectivity index (χ3v) is 4.31. The first-order chi connectivity index (χ1) is 8.52. The van der Waals surface area contributed by atoms with Gasteiger partial charge in [0.1, 0.15) is 11.0 Å². The Labute approximate surface area is 122 Å². The second-order valence-corrected chi connectivity index (χ2v) is 5.72. The van der Waals surface area contributed by atoms with E-state index in [-0.39, 0.29) is 11.3 Å². The van der Waals surface area contributed by atoms with Crippen LogP contribution in [0, 0.1) is 5.92 Å². The molecule has 6 heteroatoms. The minimum Gasteiger partial charge on any atom is -0.379 e. The molecule has 1 aromatic rings. The van der Waals surface area contributed by atoms with Gasteiger partial charge in [-0.1, -0.05) is 41.7 Å². The Morgan fingerprint density at radius 1 is 1.33 bits per heavy atom. The van der Waals surface area contributed by atoms with Gasteiger partial charge in [0.05, 0.1) is 16.1 Å². The van der Waals surface area contributed by atoms with E-state index in [1.165, 1.54) is 0 Å². The van der Waals surface area contributed by atoms with E-state index >= 15 is 0 Å². The van der Waals surface area contributed by atoms with Crippen molar-refractivity contribution >= 4 is 40.6 Å². The number of ether oxygens (including phenoxy) is 1. The van der Waals surface area contributed by atoms with Gasteiger partial charge in [-0.05, 0) is 18.4 Å². The van der Waals surface area contributed by atoms with Crippen LogP contribution in [0.25, 0.3) is 0 Å². The number of rotatable bonds is 2. The summed E-state index contributed by atoms with van der Waals surface area (Å²) in [5.41, 5.74) is 0. The molecule has 2 rings (SSSR count). The Balaban J connectivity index is 2.24. The van der Waals surface area contributed by atoms with Gasteiger partial charge in [0.25, 0.3) is 0 Å². The van der Waals surface area contributed by atoms with Crippen molar-refractivity contribution in [2.75, 3.05) is 25.1 Å². The van der Waals surface area contributed by atoms with Crippen LogP contribution in [0.3, 0.4) is 0 Å². The van der Waals surface area contributed by atoms with E-state index in [2.05, 4.69) is 16.8 Å². The molecular weight excluding hydrogens is 295 g/mol. The van der Waals surface area contributed by atoms with Gasteiger partial charge < -0.3 is 9.64 Å². The fraction of sp³-hybridized carbons (Fsp3) is 0.583. The van der Waals surface area contributed by atoms with E-state index in [1.54, 1.807) is 13.2 Å². The zero-order chi connectivity index (χ0) is 13.3. The summed E-state index contributed by atoms with van der Waals surface area (Å²) in [6.07, 6.45) is 1.22. The maximum atomic E-state index is 6.17. The van der Waals surface area contributed by atoms with Crippen LogP contribution in [0.5, 0.6) is 0 Å². The molecular formula is C12H15Cl3N2O. The third-order valence-electron chi connectivity index (χ3n) is 3.36. The van der Waals surface area contributed by atoms with Gasteiger partial charge in [-0.3, -0.25) is 0 Å². The Kier molecular flexibility index (Phi) is 4.59. The number of piperidine rings is 1. The van der Waals surface area contributed by atoms with Gasteiger partial charge in [0.15, 0.2) is 0 Å². The molecule has 100 valence electrons. The van der Waals surface area contributed by atoms with Crippen LogP contribution in [0.15, 0.2) is 6.07 Å². The summed E-state index contributed by atoms with van der Waals surface area (Å²) in [6.45, 7) is 3.85. The van der Waals surface area contributed by atoms with Crippen molar-refractivity contribution in [2.24, 2.45) is 5.92 Å². The second kappa shape index (κ2) is 5.83. The lowest BCUT2D eigenvalue weighted by molar-refractivity contribution is 0.0496. The first-order valence-electron chi connectivity index (χ1n) is 5.82. The molecule has 2 heterocycles. The standard InChI is InChI=1S/C12H15Cl3N2O/c1-7-3-4-17(6-10(7)18-2)12-9(14)5-8(13)11(15)16-12/h5,7,10H,3-4,6H2,1-2H3. The van der Waals surface area contributed by atoms with Crippen molar-refractivity contribution in [3.05, 3.63) is 21.3 Å². The van der Waals surface area contributed by atoms with Gasteiger partial charge in [-0.25, -0.2) is 4.98 Å². The first kappa shape index (κ1) is 14.2. The maximum Gasteiger partial charge on any atom is 0.150 e. The highest BCUT2D eigenvalue weighted by Gasteiger charge is 2.28. The third kappa shape index (κ3) is 2.85. The van der Waals surface area contributed by atoms with Crippen LogP contribution in [0.4, 0.5) is 5.82 Å². The molecule has 18 heavy (non-hydrogen) atoms. The van der Waals surface area contributed by atoms with Crippen molar-refractivity contribution in [1.82, 2.24) is 4.98 Å². The molecule has 0 spiro atoms. The zero-order valence-corrected chi connectivity index (χ0v) is 12.6. The highest BCUT2D eigenvalue weighted by molar-refractivity contribution is 6.42. The lowest BCUT2D eigenvalue weighted by atomic mass is 9.96. The molecule has 1 aliphatic heterocycles. The lowest BCUT2D eigenvalue weighted by Crippen LogP contribution is -2.44. The number of pyridine rings is 1. The molecule has 0 N–H and O–H groups in total. The minimum atomic E-state index is 0.186. The fourth-order valence-corrected chi connectivity index (χ4v) is 2.80. The summed E-state index contributed by atoms with van der Waals surface area (Å²) in [4.78, 5) is 6.36. The highest BCUT2D eigenvalue weighted by atomic mass is 35.5. The van der Waals surface area contributed by atoms with E-state index < -0.39 is 0 Å². The zero-order valence-electron chi connectivity index (χ0n) is 10.3. The normalized spacial score (nSPS) is 24.4. The van der Waals surface area contributed by atoms with Crippen LogP contribution in [0.1, 0.15) is 13.3 Å². The van der Waals surface area contributed by atoms with Crippen molar-refractivity contribution < 1.29 is 4.74 Å². The predicted molar refractivity (Wildman–Crippen MR) is 76.1 cm³/mol. The minimum absolute atomic E-state index is 0.186. The summed E-state index contributed by atoms with van der Waals surface area (Å²) in [7, 11) is 1.73. The quantitative estimate of drug-likeness (QED) is 0.775. The van der Waals surface area contributed by atoms with E-state index in [1.807, 2.05) is 0 Å². The number of hydrogen-bond acceptors (Lipinski definition) is 3. The number of aromatic nitrogens is 1. The number of nitrogens with zero attached hydrogens (tertiary/aromatic N) is 2. The van der Waals surface area contributed by atoms with Crippen LogP contribution in [-0.2, 0) is 4.74 Å². The van der Waals surface area contributed by atoms with Gasteiger partial charge >= 0.3 is 0 Å². The lowest BCUT2D eigenvalue weighted by Gasteiger charge is -2.37. The largest absolute Gasteiger partial charge is 0.379 e. The molecule has 0 bridgehead atoms. The molecule has 2 unspecified atom stereocenters. The molecule has 1 saturated heterocycles. The van der Waals surface area contributed by atoms with Gasteiger partial charge in [-0.2, -0.15) is 0 Å². The summed E-state index contributed by atoms with van der Waals surface area (Å²) in [5.74, 6) is 1.22. The number of methoxy groups -OCH3 is 1. The van der Waals surface area contributed by atoms with Crippen LogP contribution in [0.2, 0.25) is 15.2 Å². The van der Waals surface area contributed by atoms with Crippen LogP contribution < -0.4 is 4.90 Å². The van der Waals surface area contributed by atoms with E-state index in [0.717, 1.165) is 19.5 Å². The van der Waals surface area contributed by atoms with E-state index in [0.29, 0.717) is 21.8 Å². The summed E-state index contributed by atoms with van der Waals surface area (Å²) in [5, 5.41) is 1.18. The topological polar surface area (TPSA) is 25.4 Å². The average molecular weight is 310 g/mol. The van der Waals surface area contributed by atoms with Gasteiger partial charge in [-0.15, -0.1) is 0 Å². The number of hydrogen-bond donors (Lipinski definition) is 0. The first-order valence-corrected chi connectivity index (χ1v) is 6.95. The summed E-state index contributed by atoms with van der Waals surface area (Å²) < 4.78 is 5.48. The van der Waals surface area contributed by atoms with Crippen LogP contribution in [-0.4, -0.2) is 31.3 Å². The summed E-state index contributed by atoms with van der Waals surface area (Å²) >= 11 is 18.0. The average Bonchev–Trinajstić information content (AvgIpc) is 2.35. The SMILES string of the molecule is COC1CN(c2nc(Cl)c(Cl)cc2Cl)CCC1C. The van der Waals surface area contributed by atoms with E-state index in [9.17, 15) is 0 Å². The van der Waals surface area contributed by atoms with Gasteiger partial charge in [0.2, 0.25) is 0 Å². The molecule has 2 atom stereocenters. The molecule has 0 radical (unpaired) electrons. The Morgan fingerprint density at radius 3 is 2.72 bits per heavy atom. The maximum absolute atomic E-state index is 6.17. The summed E-state index contributed by atoms with van der Waals surface area (Å²) in [6, 6.07) is 1.63. The van der Waals surface area contributed by atoms with E-state index in [4.69, 9.17) is 39.5 Å². The molecule has 0 aromatic carbocycles. The molecule has 1 aromatic heterocycles. The van der Waals surface area contributed by atoms with Crippen molar-refractivity contribution in [3.8, 4) is 0 Å². The molecule has 0 aliphatic carbocycles. The molecule has 0 saturated carbocycles. The number of halogens is 3. The fourth-order valence-electron chi connectivity index (χ4n) is 2.19. The van der Waals surface area contributed by atoms with Crippen molar-refractivity contribution in [3.63, 3.8) is 0 Å². The Bertz CT molecular complexity index is 442. The Hall–Kier alpha value is -0.220. The van der Waals surface area contributed by atoms with Crippen molar-refractivity contribution in [2.45, 2.75) is 19.4 Å². The molecule has 1 fully saturated rings.